The van der Waals surface area contributed by atoms with Gasteiger partial charge in [0.1, 0.15) is 5.75 Å². The van der Waals surface area contributed by atoms with E-state index in [1.54, 1.807) is 13.2 Å². The Morgan fingerprint density at radius 2 is 1.88 bits per heavy atom. The van der Waals surface area contributed by atoms with Gasteiger partial charge in [0, 0.05) is 5.69 Å². The van der Waals surface area contributed by atoms with Crippen molar-refractivity contribution in [3.05, 3.63) is 65.2 Å². The summed E-state index contributed by atoms with van der Waals surface area (Å²) in [5, 5.41) is 7.23. The molecule has 0 saturated heterocycles. The lowest BCUT2D eigenvalue weighted by atomic mass is 10.2. The standard InChI is InChI=1S/C18H18ClN3O2/c1-24-17-9-7-16(8-10-17)20-13-18(23)22-21-12-15(19)11-14-5-3-2-4-6-14/h2-12,20H,13H2,1H3,(H,22,23)/b15-11-,21-12-. The summed E-state index contributed by atoms with van der Waals surface area (Å²) in [5.74, 6) is 0.487. The summed E-state index contributed by atoms with van der Waals surface area (Å²) in [6.45, 7) is 0.101. The molecule has 2 rings (SSSR count). The number of amides is 1. The second-order valence-electron chi connectivity index (χ2n) is 4.82. The number of ether oxygens (including phenoxy) is 1. The number of rotatable bonds is 7. The molecule has 6 heteroatoms. The monoisotopic (exact) mass is 343 g/mol. The molecule has 0 saturated carbocycles. The van der Waals surface area contributed by atoms with Gasteiger partial charge in [-0.2, -0.15) is 5.10 Å². The number of hydrogen-bond donors (Lipinski definition) is 2. The van der Waals surface area contributed by atoms with E-state index in [-0.39, 0.29) is 12.5 Å². The highest BCUT2D eigenvalue weighted by Crippen LogP contribution is 2.14. The van der Waals surface area contributed by atoms with E-state index in [1.165, 1.54) is 6.21 Å². The molecule has 0 bridgehead atoms. The Bertz CT molecular complexity index is 713. The molecule has 1 amide bonds. The Hall–Kier alpha value is -2.79. The second kappa shape index (κ2) is 9.37. The second-order valence-corrected chi connectivity index (χ2v) is 5.25. The number of carbonyl (C=O) groups excluding carboxylic acids is 1. The molecule has 24 heavy (non-hydrogen) atoms. The first kappa shape index (κ1) is 17.6. The van der Waals surface area contributed by atoms with Gasteiger partial charge in [-0.25, -0.2) is 5.43 Å². The summed E-state index contributed by atoms with van der Waals surface area (Å²) in [6.07, 6.45) is 3.15. The number of hydrazone groups is 1. The third-order valence-electron chi connectivity index (χ3n) is 3.02. The minimum Gasteiger partial charge on any atom is -0.497 e. The Balaban J connectivity index is 1.76. The van der Waals surface area contributed by atoms with Crippen molar-refractivity contribution >= 4 is 35.5 Å². The van der Waals surface area contributed by atoms with Gasteiger partial charge in [-0.1, -0.05) is 41.9 Å². The molecule has 2 aromatic rings. The smallest absolute Gasteiger partial charge is 0.259 e. The van der Waals surface area contributed by atoms with Crippen LogP contribution in [0.1, 0.15) is 5.56 Å². The van der Waals surface area contributed by atoms with Crippen LogP contribution in [0, 0.1) is 0 Å². The Kier molecular flexibility index (Phi) is 6.86. The van der Waals surface area contributed by atoms with E-state index in [0.29, 0.717) is 5.03 Å². The van der Waals surface area contributed by atoms with Crippen LogP contribution in [0.15, 0.2) is 64.7 Å². The molecule has 0 radical (unpaired) electrons. The molecule has 0 unspecified atom stereocenters. The number of carbonyl (C=O) groups is 1. The zero-order valence-corrected chi connectivity index (χ0v) is 14.0. The maximum Gasteiger partial charge on any atom is 0.259 e. The van der Waals surface area contributed by atoms with E-state index in [9.17, 15) is 4.79 Å². The highest BCUT2D eigenvalue weighted by atomic mass is 35.5. The molecule has 0 aliphatic heterocycles. The highest BCUT2D eigenvalue weighted by Gasteiger charge is 2.00. The van der Waals surface area contributed by atoms with Gasteiger partial charge in [-0.05, 0) is 35.9 Å². The van der Waals surface area contributed by atoms with E-state index in [4.69, 9.17) is 16.3 Å². The largest absolute Gasteiger partial charge is 0.497 e. The highest BCUT2D eigenvalue weighted by molar-refractivity contribution is 6.41. The number of allylic oxidation sites excluding steroid dienone is 1. The Morgan fingerprint density at radius 1 is 1.17 bits per heavy atom. The first-order chi connectivity index (χ1) is 11.7. The van der Waals surface area contributed by atoms with Crippen LogP contribution >= 0.6 is 11.6 Å². The van der Waals surface area contributed by atoms with E-state index in [1.807, 2.05) is 54.6 Å². The van der Waals surface area contributed by atoms with E-state index >= 15 is 0 Å². The number of nitrogens with zero attached hydrogens (tertiary/aromatic N) is 1. The lowest BCUT2D eigenvalue weighted by Crippen LogP contribution is -2.25. The minimum absolute atomic E-state index is 0.101. The van der Waals surface area contributed by atoms with Crippen LogP contribution in [0.2, 0.25) is 0 Å². The van der Waals surface area contributed by atoms with Crippen LogP contribution in [-0.4, -0.2) is 25.8 Å². The fourth-order valence-corrected chi connectivity index (χ4v) is 2.02. The Labute approximate surface area is 146 Å². The predicted molar refractivity (Wildman–Crippen MR) is 98.4 cm³/mol. The van der Waals surface area contributed by atoms with Gasteiger partial charge in [-0.3, -0.25) is 4.79 Å². The third-order valence-corrected chi connectivity index (χ3v) is 3.23. The molecule has 2 aromatic carbocycles. The van der Waals surface area contributed by atoms with E-state index in [2.05, 4.69) is 15.8 Å². The van der Waals surface area contributed by atoms with Crippen molar-refractivity contribution in [1.29, 1.82) is 0 Å². The Morgan fingerprint density at radius 3 is 2.54 bits per heavy atom. The number of hydrogen-bond acceptors (Lipinski definition) is 4. The number of nitrogens with one attached hydrogen (secondary N) is 2. The fourth-order valence-electron chi connectivity index (χ4n) is 1.84. The quantitative estimate of drug-likeness (QED) is 0.597. The van der Waals surface area contributed by atoms with Gasteiger partial charge >= 0.3 is 0 Å². The van der Waals surface area contributed by atoms with Crippen LogP contribution in [0.3, 0.4) is 0 Å². The molecule has 0 atom stereocenters. The van der Waals surface area contributed by atoms with Gasteiger partial charge < -0.3 is 10.1 Å². The normalized spacial score (nSPS) is 11.3. The predicted octanol–water partition coefficient (Wildman–Crippen LogP) is 3.49. The van der Waals surface area contributed by atoms with Gasteiger partial charge in [0.2, 0.25) is 0 Å². The van der Waals surface area contributed by atoms with Crippen LogP contribution in [0.25, 0.3) is 6.08 Å². The van der Waals surface area contributed by atoms with Crippen molar-refractivity contribution in [3.63, 3.8) is 0 Å². The molecule has 124 valence electrons. The fraction of sp³-hybridized carbons (Fsp3) is 0.111. The lowest BCUT2D eigenvalue weighted by Gasteiger charge is -2.06. The van der Waals surface area contributed by atoms with E-state index in [0.717, 1.165) is 17.0 Å². The van der Waals surface area contributed by atoms with E-state index < -0.39 is 0 Å². The lowest BCUT2D eigenvalue weighted by molar-refractivity contribution is -0.119. The van der Waals surface area contributed by atoms with Crippen molar-refractivity contribution < 1.29 is 9.53 Å². The third kappa shape index (κ3) is 6.14. The average molecular weight is 344 g/mol. The van der Waals surface area contributed by atoms with Crippen molar-refractivity contribution in [2.45, 2.75) is 0 Å². The molecule has 0 aliphatic rings. The van der Waals surface area contributed by atoms with Crippen molar-refractivity contribution in [3.8, 4) is 5.75 Å². The van der Waals surface area contributed by atoms with Crippen molar-refractivity contribution in [2.75, 3.05) is 19.0 Å². The average Bonchev–Trinajstić information content (AvgIpc) is 2.61. The molecule has 0 aromatic heterocycles. The molecule has 2 N–H and O–H groups in total. The zero-order chi connectivity index (χ0) is 17.2. The van der Waals surface area contributed by atoms with Crippen molar-refractivity contribution in [2.24, 2.45) is 5.10 Å². The zero-order valence-electron chi connectivity index (χ0n) is 13.2. The minimum atomic E-state index is -0.272. The molecule has 0 fully saturated rings. The maximum atomic E-state index is 11.7. The topological polar surface area (TPSA) is 62.7 Å². The number of anilines is 1. The molecule has 0 spiro atoms. The van der Waals surface area contributed by atoms with Gasteiger partial charge in [-0.15, -0.1) is 0 Å². The summed E-state index contributed by atoms with van der Waals surface area (Å²) in [7, 11) is 1.60. The van der Waals surface area contributed by atoms with Gasteiger partial charge in [0.25, 0.3) is 5.91 Å². The molecule has 5 nitrogen and oxygen atoms in total. The number of benzene rings is 2. The van der Waals surface area contributed by atoms with Crippen LogP contribution in [0.5, 0.6) is 5.75 Å². The first-order valence-corrected chi connectivity index (χ1v) is 7.67. The van der Waals surface area contributed by atoms with Crippen LogP contribution < -0.4 is 15.5 Å². The molecule has 0 aliphatic carbocycles. The molecular weight excluding hydrogens is 326 g/mol. The summed E-state index contributed by atoms with van der Waals surface area (Å²) in [4.78, 5) is 11.7. The number of halogens is 1. The maximum absolute atomic E-state index is 11.7. The summed E-state index contributed by atoms with van der Waals surface area (Å²) in [5.41, 5.74) is 4.19. The van der Waals surface area contributed by atoms with Crippen LogP contribution in [-0.2, 0) is 4.79 Å². The first-order valence-electron chi connectivity index (χ1n) is 7.29. The summed E-state index contributed by atoms with van der Waals surface area (Å²) in [6, 6.07) is 16.9. The van der Waals surface area contributed by atoms with Gasteiger partial charge in [0.05, 0.1) is 24.9 Å². The number of methoxy groups -OCH3 is 1. The van der Waals surface area contributed by atoms with Gasteiger partial charge in [0.15, 0.2) is 0 Å². The summed E-state index contributed by atoms with van der Waals surface area (Å²) >= 11 is 6.03. The molecular formula is C18H18ClN3O2. The van der Waals surface area contributed by atoms with Crippen LogP contribution in [0.4, 0.5) is 5.69 Å². The molecule has 0 heterocycles. The van der Waals surface area contributed by atoms with Crippen molar-refractivity contribution in [1.82, 2.24) is 5.43 Å². The SMILES string of the molecule is COc1ccc(NCC(=O)N/N=C\C(Cl)=C\c2ccccc2)cc1. The summed E-state index contributed by atoms with van der Waals surface area (Å²) < 4.78 is 5.07.